The zero-order chi connectivity index (χ0) is 24.8. The number of nitrogens with zero attached hydrogens (tertiary/aromatic N) is 1. The Hall–Kier alpha value is -2.85. The Balaban J connectivity index is 0.000000191. The Kier molecular flexibility index (Phi) is 8.73. The van der Waals surface area contributed by atoms with Gasteiger partial charge in [0.1, 0.15) is 5.75 Å². The summed E-state index contributed by atoms with van der Waals surface area (Å²) in [6, 6.07) is 15.6. The molecule has 1 atom stereocenters. The number of carbonyl (C=O) groups is 1. The van der Waals surface area contributed by atoms with Crippen molar-refractivity contribution in [1.82, 2.24) is 10.2 Å². The van der Waals surface area contributed by atoms with Crippen molar-refractivity contribution in [3.8, 4) is 5.75 Å². The largest absolute Gasteiger partial charge is 0.496 e. The summed E-state index contributed by atoms with van der Waals surface area (Å²) in [6.07, 6.45) is 2.62. The van der Waals surface area contributed by atoms with Gasteiger partial charge in [0.25, 0.3) is 0 Å². The van der Waals surface area contributed by atoms with Crippen molar-refractivity contribution >= 4 is 16.7 Å². The quantitative estimate of drug-likeness (QED) is 0.502. The van der Waals surface area contributed by atoms with Gasteiger partial charge in [-0.05, 0) is 104 Å². The van der Waals surface area contributed by atoms with Gasteiger partial charge in [0.2, 0.25) is 5.91 Å². The molecule has 1 N–H and O–H groups in total. The minimum absolute atomic E-state index is 0.286. The second-order valence-electron chi connectivity index (χ2n) is 9.40. The van der Waals surface area contributed by atoms with E-state index in [2.05, 4.69) is 76.3 Å². The van der Waals surface area contributed by atoms with Crippen LogP contribution in [0.2, 0.25) is 0 Å². The van der Waals surface area contributed by atoms with Gasteiger partial charge in [-0.2, -0.15) is 0 Å². The lowest BCUT2D eigenvalue weighted by Crippen LogP contribution is -2.32. The Labute approximate surface area is 205 Å². The molecular formula is C30H40N2O2. The SMILES string of the molecule is CCCN1CCc2cc(C)c(C)cc2CC1=O.CNC(C)c1ccc2c(C)c(OC)ccc2c1. The molecule has 1 aliphatic rings. The van der Waals surface area contributed by atoms with Crippen molar-refractivity contribution in [3.63, 3.8) is 0 Å². The van der Waals surface area contributed by atoms with Crippen LogP contribution in [-0.2, 0) is 17.6 Å². The van der Waals surface area contributed by atoms with Crippen molar-refractivity contribution in [3.05, 3.63) is 75.8 Å². The van der Waals surface area contributed by atoms with Gasteiger partial charge in [-0.1, -0.05) is 37.3 Å². The molecule has 182 valence electrons. The summed E-state index contributed by atoms with van der Waals surface area (Å²) in [7, 11) is 3.69. The van der Waals surface area contributed by atoms with E-state index in [0.717, 1.165) is 31.7 Å². The average Bonchev–Trinajstić information content (AvgIpc) is 2.98. The van der Waals surface area contributed by atoms with Gasteiger partial charge in [-0.25, -0.2) is 0 Å². The highest BCUT2D eigenvalue weighted by molar-refractivity contribution is 5.88. The number of ether oxygens (including phenoxy) is 1. The molecule has 1 unspecified atom stereocenters. The lowest BCUT2D eigenvalue weighted by Gasteiger charge is -2.19. The maximum atomic E-state index is 12.1. The van der Waals surface area contributed by atoms with E-state index in [4.69, 9.17) is 4.74 Å². The molecule has 3 aromatic rings. The van der Waals surface area contributed by atoms with E-state index in [1.54, 1.807) is 7.11 Å². The number of hydrogen-bond acceptors (Lipinski definition) is 3. The molecule has 0 aliphatic carbocycles. The van der Waals surface area contributed by atoms with Crippen molar-refractivity contribution in [1.29, 1.82) is 0 Å². The van der Waals surface area contributed by atoms with Crippen molar-refractivity contribution < 1.29 is 9.53 Å². The first-order valence-corrected chi connectivity index (χ1v) is 12.4. The van der Waals surface area contributed by atoms with Gasteiger partial charge in [-0.15, -0.1) is 0 Å². The third-order valence-electron chi connectivity index (χ3n) is 7.07. The molecule has 1 aliphatic heterocycles. The highest BCUT2D eigenvalue weighted by atomic mass is 16.5. The lowest BCUT2D eigenvalue weighted by molar-refractivity contribution is -0.130. The molecule has 0 bridgehead atoms. The fourth-order valence-corrected chi connectivity index (χ4v) is 4.64. The summed E-state index contributed by atoms with van der Waals surface area (Å²) in [5.74, 6) is 1.24. The van der Waals surface area contributed by atoms with E-state index in [9.17, 15) is 4.79 Å². The van der Waals surface area contributed by atoms with Gasteiger partial charge in [0, 0.05) is 19.1 Å². The van der Waals surface area contributed by atoms with Gasteiger partial charge in [0.05, 0.1) is 13.5 Å². The van der Waals surface area contributed by atoms with Gasteiger partial charge >= 0.3 is 0 Å². The number of aryl methyl sites for hydroxylation is 3. The number of rotatable bonds is 5. The molecule has 1 heterocycles. The maximum absolute atomic E-state index is 12.1. The van der Waals surface area contributed by atoms with E-state index < -0.39 is 0 Å². The van der Waals surface area contributed by atoms with Crippen LogP contribution < -0.4 is 10.1 Å². The summed E-state index contributed by atoms with van der Waals surface area (Å²) < 4.78 is 5.34. The van der Waals surface area contributed by atoms with Crippen molar-refractivity contribution in [2.45, 2.75) is 59.9 Å². The molecule has 1 amide bonds. The molecule has 34 heavy (non-hydrogen) atoms. The number of benzene rings is 3. The molecule has 0 radical (unpaired) electrons. The topological polar surface area (TPSA) is 41.6 Å². The van der Waals surface area contributed by atoms with Crippen LogP contribution in [0.25, 0.3) is 10.8 Å². The standard InChI is InChI=1S/C15H19NO.C15H21NO/c1-10-14-7-5-12(11(2)16-3)9-13(14)6-8-15(10)17-4;1-4-6-16-7-5-13-8-11(2)12(3)9-14(13)10-15(16)17/h5-9,11,16H,1-4H3;8-9H,4-7,10H2,1-3H3. The number of hydrogen-bond donors (Lipinski definition) is 1. The van der Waals surface area contributed by atoms with Gasteiger partial charge in [-0.3, -0.25) is 4.79 Å². The number of amides is 1. The fourth-order valence-electron chi connectivity index (χ4n) is 4.64. The average molecular weight is 461 g/mol. The molecule has 4 rings (SSSR count). The van der Waals surface area contributed by atoms with Crippen LogP contribution in [0.3, 0.4) is 0 Å². The van der Waals surface area contributed by atoms with Crippen LogP contribution in [-0.4, -0.2) is 38.1 Å². The molecule has 0 saturated carbocycles. The number of carbonyl (C=O) groups excluding carboxylic acids is 1. The van der Waals surface area contributed by atoms with Gasteiger partial charge < -0.3 is 15.0 Å². The second kappa shape index (κ2) is 11.5. The summed E-state index contributed by atoms with van der Waals surface area (Å²) in [4.78, 5) is 14.1. The van der Waals surface area contributed by atoms with Gasteiger partial charge in [0.15, 0.2) is 0 Å². The second-order valence-corrected chi connectivity index (χ2v) is 9.40. The van der Waals surface area contributed by atoms with E-state index in [-0.39, 0.29) is 5.91 Å². The Morgan fingerprint density at radius 3 is 2.38 bits per heavy atom. The molecule has 0 fully saturated rings. The summed E-state index contributed by atoms with van der Waals surface area (Å²) in [6.45, 7) is 12.4. The first-order valence-electron chi connectivity index (χ1n) is 12.4. The van der Waals surface area contributed by atoms with Crippen LogP contribution in [0.15, 0.2) is 42.5 Å². The normalized spacial score (nSPS) is 14.2. The summed E-state index contributed by atoms with van der Waals surface area (Å²) in [5, 5.41) is 5.79. The first-order chi connectivity index (χ1) is 16.3. The highest BCUT2D eigenvalue weighted by Gasteiger charge is 2.20. The zero-order valence-electron chi connectivity index (χ0n) is 21.9. The van der Waals surface area contributed by atoms with E-state index in [1.807, 2.05) is 18.0 Å². The molecule has 0 spiro atoms. The van der Waals surface area contributed by atoms with Crippen LogP contribution >= 0.6 is 0 Å². The molecule has 0 saturated heterocycles. The highest BCUT2D eigenvalue weighted by Crippen LogP contribution is 2.29. The minimum Gasteiger partial charge on any atom is -0.496 e. The predicted octanol–water partition coefficient (Wildman–Crippen LogP) is 6.08. The van der Waals surface area contributed by atoms with E-state index >= 15 is 0 Å². The lowest BCUT2D eigenvalue weighted by atomic mass is 9.97. The molecular weight excluding hydrogens is 420 g/mol. The molecule has 0 aromatic heterocycles. The molecule has 3 aromatic carbocycles. The van der Waals surface area contributed by atoms with Crippen LogP contribution in [0, 0.1) is 20.8 Å². The van der Waals surface area contributed by atoms with E-state index in [1.165, 1.54) is 44.2 Å². The predicted molar refractivity (Wildman–Crippen MR) is 143 cm³/mol. The number of methoxy groups -OCH3 is 1. The maximum Gasteiger partial charge on any atom is 0.227 e. The molecule has 4 heteroatoms. The van der Waals surface area contributed by atoms with Crippen molar-refractivity contribution in [2.24, 2.45) is 0 Å². The summed E-state index contributed by atoms with van der Waals surface area (Å²) >= 11 is 0. The van der Waals surface area contributed by atoms with Crippen LogP contribution in [0.1, 0.15) is 59.7 Å². The number of fused-ring (bicyclic) bond motifs is 2. The Morgan fingerprint density at radius 1 is 1.03 bits per heavy atom. The third kappa shape index (κ3) is 5.79. The Morgan fingerprint density at radius 2 is 1.74 bits per heavy atom. The first kappa shape index (κ1) is 25.8. The van der Waals surface area contributed by atoms with Crippen molar-refractivity contribution in [2.75, 3.05) is 27.2 Å². The Bertz CT molecular complexity index is 1150. The number of nitrogens with one attached hydrogen (secondary N) is 1. The third-order valence-corrected chi connectivity index (χ3v) is 7.07. The zero-order valence-corrected chi connectivity index (χ0v) is 21.9. The monoisotopic (exact) mass is 460 g/mol. The fraction of sp³-hybridized carbons (Fsp3) is 0.433. The summed E-state index contributed by atoms with van der Waals surface area (Å²) in [5.41, 5.74) is 7.73. The molecule has 4 nitrogen and oxygen atoms in total. The van der Waals surface area contributed by atoms with Crippen LogP contribution in [0.4, 0.5) is 0 Å². The van der Waals surface area contributed by atoms with E-state index in [0.29, 0.717) is 12.5 Å². The smallest absolute Gasteiger partial charge is 0.227 e. The van der Waals surface area contributed by atoms with Crippen LogP contribution in [0.5, 0.6) is 5.75 Å². The minimum atomic E-state index is 0.286.